The van der Waals surface area contributed by atoms with Gasteiger partial charge in [0.2, 0.25) is 5.91 Å². The van der Waals surface area contributed by atoms with Gasteiger partial charge in [-0.1, -0.05) is 13.8 Å². The topological polar surface area (TPSA) is 92.7 Å². The molecule has 92 valence electrons. The third-order valence-electron chi connectivity index (χ3n) is 1.82. The molecule has 0 radical (unpaired) electrons. The van der Waals surface area contributed by atoms with E-state index in [9.17, 15) is 14.4 Å². The number of carboxylic acid groups (broad SMARTS) is 1. The highest BCUT2D eigenvalue weighted by Crippen LogP contribution is 1.99. The number of hydrogen-bond acceptors (Lipinski definition) is 4. The summed E-state index contributed by atoms with van der Waals surface area (Å²) in [5.41, 5.74) is 0. The number of carbonyl (C=O) groups is 3. The van der Waals surface area contributed by atoms with E-state index in [1.807, 2.05) is 0 Å². The Bertz CT molecular complexity index is 274. The van der Waals surface area contributed by atoms with Gasteiger partial charge < -0.3 is 15.2 Å². The first-order valence-corrected chi connectivity index (χ1v) is 5.07. The molecule has 0 spiro atoms. The second-order valence-corrected chi connectivity index (χ2v) is 3.56. The summed E-state index contributed by atoms with van der Waals surface area (Å²) in [4.78, 5) is 33.1. The molecule has 0 aliphatic rings. The van der Waals surface area contributed by atoms with Crippen LogP contribution in [0.1, 0.15) is 27.2 Å². The zero-order valence-electron chi connectivity index (χ0n) is 9.65. The summed E-state index contributed by atoms with van der Waals surface area (Å²) in [5, 5.41) is 11.1. The molecule has 0 fully saturated rings. The largest absolute Gasteiger partial charge is 0.480 e. The average Bonchev–Trinajstić information content (AvgIpc) is 2.16. The minimum atomic E-state index is -1.25. The van der Waals surface area contributed by atoms with Gasteiger partial charge in [-0.05, 0) is 6.92 Å². The third kappa shape index (κ3) is 5.33. The Morgan fingerprint density at radius 3 is 2.25 bits per heavy atom. The van der Waals surface area contributed by atoms with Crippen molar-refractivity contribution in [1.82, 2.24) is 5.32 Å². The number of esters is 1. The van der Waals surface area contributed by atoms with E-state index in [0.29, 0.717) is 0 Å². The van der Waals surface area contributed by atoms with Crippen molar-refractivity contribution < 1.29 is 24.2 Å². The predicted octanol–water partition coefficient (Wildman–Crippen LogP) is 0.165. The SMILES string of the molecule is CCOC(=O)C[C@@H](NC(=O)C(C)C)C(=O)O. The van der Waals surface area contributed by atoms with Crippen molar-refractivity contribution in [3.05, 3.63) is 0 Å². The summed E-state index contributed by atoms with van der Waals surface area (Å²) in [7, 11) is 0. The van der Waals surface area contributed by atoms with Crippen LogP contribution in [-0.2, 0) is 19.1 Å². The lowest BCUT2D eigenvalue weighted by Crippen LogP contribution is -2.44. The molecule has 0 aromatic heterocycles. The van der Waals surface area contributed by atoms with Crippen LogP contribution in [0.25, 0.3) is 0 Å². The smallest absolute Gasteiger partial charge is 0.326 e. The molecular formula is C10H17NO5. The molecule has 6 nitrogen and oxygen atoms in total. The monoisotopic (exact) mass is 231 g/mol. The van der Waals surface area contributed by atoms with E-state index in [2.05, 4.69) is 10.1 Å². The van der Waals surface area contributed by atoms with Gasteiger partial charge in [0.1, 0.15) is 6.04 Å². The highest BCUT2D eigenvalue weighted by atomic mass is 16.5. The first kappa shape index (κ1) is 14.4. The Labute approximate surface area is 94.0 Å². The molecule has 0 aliphatic carbocycles. The van der Waals surface area contributed by atoms with Crippen LogP contribution < -0.4 is 5.32 Å². The van der Waals surface area contributed by atoms with Gasteiger partial charge in [0.25, 0.3) is 0 Å². The summed E-state index contributed by atoms with van der Waals surface area (Å²) in [6.45, 7) is 5.08. The second-order valence-electron chi connectivity index (χ2n) is 3.56. The third-order valence-corrected chi connectivity index (χ3v) is 1.82. The van der Waals surface area contributed by atoms with Crippen LogP contribution in [-0.4, -0.2) is 35.6 Å². The van der Waals surface area contributed by atoms with Gasteiger partial charge in [-0.3, -0.25) is 9.59 Å². The molecule has 0 aliphatic heterocycles. The van der Waals surface area contributed by atoms with Crippen LogP contribution in [0.3, 0.4) is 0 Å². The Kier molecular flexibility index (Phi) is 6.14. The second kappa shape index (κ2) is 6.81. The first-order chi connectivity index (χ1) is 7.38. The maximum atomic E-state index is 11.3. The molecule has 0 heterocycles. The predicted molar refractivity (Wildman–Crippen MR) is 55.7 cm³/mol. The van der Waals surface area contributed by atoms with Crippen molar-refractivity contribution in [3.63, 3.8) is 0 Å². The van der Waals surface area contributed by atoms with Crippen LogP contribution in [0, 0.1) is 5.92 Å². The highest BCUT2D eigenvalue weighted by molar-refractivity contribution is 5.87. The first-order valence-electron chi connectivity index (χ1n) is 5.07. The average molecular weight is 231 g/mol. The van der Waals surface area contributed by atoms with Crippen molar-refractivity contribution >= 4 is 17.8 Å². The minimum absolute atomic E-state index is 0.184. The van der Waals surface area contributed by atoms with E-state index in [-0.39, 0.29) is 18.9 Å². The highest BCUT2D eigenvalue weighted by Gasteiger charge is 2.24. The molecule has 0 saturated heterocycles. The quantitative estimate of drug-likeness (QED) is 0.635. The Hall–Kier alpha value is -1.59. The van der Waals surface area contributed by atoms with Crippen molar-refractivity contribution in [3.8, 4) is 0 Å². The van der Waals surface area contributed by atoms with Crippen LogP contribution in [0.5, 0.6) is 0 Å². The molecule has 2 N–H and O–H groups in total. The molecular weight excluding hydrogens is 214 g/mol. The van der Waals surface area contributed by atoms with Crippen LogP contribution in [0.15, 0.2) is 0 Å². The zero-order chi connectivity index (χ0) is 12.7. The van der Waals surface area contributed by atoms with Crippen molar-refractivity contribution in [1.29, 1.82) is 0 Å². The summed E-state index contributed by atoms with van der Waals surface area (Å²) in [6.07, 6.45) is -0.359. The van der Waals surface area contributed by atoms with Gasteiger partial charge in [-0.15, -0.1) is 0 Å². The van der Waals surface area contributed by atoms with Crippen LogP contribution >= 0.6 is 0 Å². The summed E-state index contributed by atoms with van der Waals surface area (Å²) in [6, 6.07) is -1.23. The molecule has 16 heavy (non-hydrogen) atoms. The lowest BCUT2D eigenvalue weighted by molar-refractivity contribution is -0.150. The van der Waals surface area contributed by atoms with Crippen LogP contribution in [0.4, 0.5) is 0 Å². The fraction of sp³-hybridized carbons (Fsp3) is 0.700. The standard InChI is InChI=1S/C10H17NO5/c1-4-16-8(12)5-7(10(14)15)11-9(13)6(2)3/h6-7H,4-5H2,1-3H3,(H,11,13)(H,14,15)/t7-/m1/s1. The normalized spacial score (nSPS) is 12.0. The minimum Gasteiger partial charge on any atom is -0.480 e. The van der Waals surface area contributed by atoms with E-state index >= 15 is 0 Å². The number of aliphatic carboxylic acids is 1. The van der Waals surface area contributed by atoms with Crippen LogP contribution in [0.2, 0.25) is 0 Å². The molecule has 0 saturated carbocycles. The molecule has 0 aromatic carbocycles. The summed E-state index contributed by atoms with van der Waals surface area (Å²) in [5.74, 6) is -2.62. The lowest BCUT2D eigenvalue weighted by atomic mass is 10.1. The van der Waals surface area contributed by atoms with Gasteiger partial charge in [0, 0.05) is 5.92 Å². The number of ether oxygens (including phenoxy) is 1. The van der Waals surface area contributed by atoms with E-state index < -0.39 is 23.9 Å². The number of amides is 1. The zero-order valence-corrected chi connectivity index (χ0v) is 9.65. The fourth-order valence-electron chi connectivity index (χ4n) is 0.925. The van der Waals surface area contributed by atoms with E-state index in [0.717, 1.165) is 0 Å². The fourth-order valence-corrected chi connectivity index (χ4v) is 0.925. The Morgan fingerprint density at radius 1 is 1.31 bits per heavy atom. The number of nitrogens with one attached hydrogen (secondary N) is 1. The Morgan fingerprint density at radius 2 is 1.88 bits per heavy atom. The van der Waals surface area contributed by atoms with E-state index in [1.165, 1.54) is 0 Å². The summed E-state index contributed by atoms with van der Waals surface area (Å²) >= 11 is 0. The van der Waals surface area contributed by atoms with Gasteiger partial charge in [0.15, 0.2) is 0 Å². The van der Waals surface area contributed by atoms with Crippen molar-refractivity contribution in [2.45, 2.75) is 33.2 Å². The number of hydrogen-bond donors (Lipinski definition) is 2. The van der Waals surface area contributed by atoms with E-state index in [4.69, 9.17) is 5.11 Å². The van der Waals surface area contributed by atoms with Crippen molar-refractivity contribution in [2.24, 2.45) is 5.92 Å². The number of carboxylic acids is 1. The molecule has 0 unspecified atom stereocenters. The molecule has 0 aromatic rings. The summed E-state index contributed by atoms with van der Waals surface area (Å²) < 4.78 is 4.61. The van der Waals surface area contributed by atoms with Gasteiger partial charge in [-0.2, -0.15) is 0 Å². The van der Waals surface area contributed by atoms with Gasteiger partial charge in [-0.25, -0.2) is 4.79 Å². The van der Waals surface area contributed by atoms with E-state index in [1.54, 1.807) is 20.8 Å². The number of carbonyl (C=O) groups excluding carboxylic acids is 2. The lowest BCUT2D eigenvalue weighted by Gasteiger charge is -2.15. The Balaban J connectivity index is 4.34. The molecule has 0 bridgehead atoms. The molecule has 1 amide bonds. The maximum Gasteiger partial charge on any atom is 0.326 e. The number of rotatable bonds is 6. The van der Waals surface area contributed by atoms with Gasteiger partial charge in [0.05, 0.1) is 13.0 Å². The maximum absolute atomic E-state index is 11.3. The van der Waals surface area contributed by atoms with Gasteiger partial charge >= 0.3 is 11.9 Å². The molecule has 0 rings (SSSR count). The molecule has 1 atom stereocenters. The molecule has 6 heteroatoms. The van der Waals surface area contributed by atoms with Crippen molar-refractivity contribution in [2.75, 3.05) is 6.61 Å².